The van der Waals surface area contributed by atoms with Gasteiger partial charge in [-0.25, -0.2) is 0 Å². The average molecular weight is 197 g/mol. The molecule has 0 aromatic carbocycles. The Balaban J connectivity index is 2.85. The molecular formula is C10H20BNO2. The van der Waals surface area contributed by atoms with E-state index in [0.717, 1.165) is 32.1 Å². The van der Waals surface area contributed by atoms with Crippen LogP contribution in [0, 0.1) is 5.92 Å². The van der Waals surface area contributed by atoms with Crippen molar-refractivity contribution in [2.45, 2.75) is 45.5 Å². The first-order chi connectivity index (χ1) is 6.55. The summed E-state index contributed by atoms with van der Waals surface area (Å²) in [4.78, 5) is 13.2. The zero-order valence-electron chi connectivity index (χ0n) is 9.36. The summed E-state index contributed by atoms with van der Waals surface area (Å²) in [5.41, 5.74) is -0.400. The minimum Gasteiger partial charge on any atom is -0.437 e. The van der Waals surface area contributed by atoms with Gasteiger partial charge < -0.3 is 14.6 Å². The van der Waals surface area contributed by atoms with Crippen LogP contribution in [0.4, 0.5) is 0 Å². The number of carbonyl (C=O) groups is 1. The van der Waals surface area contributed by atoms with E-state index in [0.29, 0.717) is 5.92 Å². The Kier molecular flexibility index (Phi) is 3.73. The number of hydrogen-bond acceptors (Lipinski definition) is 3. The molecule has 0 aliphatic carbocycles. The lowest BCUT2D eigenvalue weighted by Gasteiger charge is -2.34. The summed E-state index contributed by atoms with van der Waals surface area (Å²) in [5, 5.41) is 9.63. The van der Waals surface area contributed by atoms with Gasteiger partial charge in [-0.3, -0.25) is 0 Å². The van der Waals surface area contributed by atoms with Crippen LogP contribution in [0.15, 0.2) is 0 Å². The molecule has 1 aliphatic rings. The van der Waals surface area contributed by atoms with Crippen molar-refractivity contribution in [2.75, 3.05) is 6.54 Å². The van der Waals surface area contributed by atoms with E-state index in [2.05, 4.69) is 13.8 Å². The molecule has 1 aliphatic heterocycles. The van der Waals surface area contributed by atoms with Gasteiger partial charge in [0.2, 0.25) is 0 Å². The zero-order chi connectivity index (χ0) is 10.8. The Morgan fingerprint density at radius 3 is 2.79 bits per heavy atom. The molecule has 0 aromatic heterocycles. The zero-order valence-corrected chi connectivity index (χ0v) is 9.36. The minimum atomic E-state index is -0.517. The van der Waals surface area contributed by atoms with E-state index in [1.165, 1.54) is 0 Å². The van der Waals surface area contributed by atoms with E-state index in [9.17, 15) is 9.82 Å². The number of carbonyl (C=O) groups excluding carboxylic acids is 1. The van der Waals surface area contributed by atoms with Crippen molar-refractivity contribution in [1.82, 2.24) is 4.81 Å². The maximum Gasteiger partial charge on any atom is 0.377 e. The van der Waals surface area contributed by atoms with Crippen LogP contribution < -0.4 is 0 Å². The van der Waals surface area contributed by atoms with Crippen molar-refractivity contribution < 1.29 is 9.82 Å². The summed E-state index contributed by atoms with van der Waals surface area (Å²) < 4.78 is 0. The van der Waals surface area contributed by atoms with Crippen LogP contribution in [0.25, 0.3) is 0 Å². The van der Waals surface area contributed by atoms with Crippen LogP contribution in [0.5, 0.6) is 0 Å². The molecule has 1 rings (SSSR count). The van der Waals surface area contributed by atoms with Gasteiger partial charge in [0.1, 0.15) is 6.29 Å². The highest BCUT2D eigenvalue weighted by Gasteiger charge is 2.45. The fourth-order valence-electron chi connectivity index (χ4n) is 2.68. The monoisotopic (exact) mass is 197 g/mol. The molecule has 0 radical (unpaired) electrons. The second-order valence-electron chi connectivity index (χ2n) is 4.56. The average Bonchev–Trinajstić information content (AvgIpc) is 2.44. The van der Waals surface area contributed by atoms with Crippen molar-refractivity contribution in [3.63, 3.8) is 0 Å². The summed E-state index contributed by atoms with van der Waals surface area (Å²) in [7, 11) is -0.517. The lowest BCUT2D eigenvalue weighted by atomic mass is 9.78. The largest absolute Gasteiger partial charge is 0.437 e. The molecular weight excluding hydrogens is 177 g/mol. The minimum absolute atomic E-state index is 0.400. The van der Waals surface area contributed by atoms with Crippen molar-refractivity contribution in [2.24, 2.45) is 5.92 Å². The van der Waals surface area contributed by atoms with Crippen LogP contribution >= 0.6 is 0 Å². The van der Waals surface area contributed by atoms with E-state index in [1.807, 2.05) is 4.81 Å². The summed E-state index contributed by atoms with van der Waals surface area (Å²) in [6.07, 6.45) is 3.75. The van der Waals surface area contributed by atoms with Crippen LogP contribution in [0.1, 0.15) is 33.1 Å². The normalized spacial score (nSPS) is 33.3. The topological polar surface area (TPSA) is 40.5 Å². The van der Waals surface area contributed by atoms with Crippen molar-refractivity contribution in [1.29, 1.82) is 0 Å². The lowest BCUT2D eigenvalue weighted by molar-refractivity contribution is -0.115. The predicted molar refractivity (Wildman–Crippen MR) is 58.0 cm³/mol. The molecule has 1 N–H and O–H groups in total. The molecule has 1 saturated heterocycles. The number of nitrogens with zero attached hydrogens (tertiary/aromatic N) is 1. The van der Waals surface area contributed by atoms with Crippen LogP contribution in [0.2, 0.25) is 6.82 Å². The molecule has 1 fully saturated rings. The highest BCUT2D eigenvalue weighted by atomic mass is 16.2. The molecule has 0 saturated carbocycles. The first-order valence-electron chi connectivity index (χ1n) is 5.47. The standard InChI is InChI=1S/C10H20BNO2/c1-4-5-10(8-13)6-9(2)7-12(10)11(3)14/h8-9,14H,4-7H2,1-3H3/t9-,10?/m1/s1. The molecule has 1 heterocycles. The maximum absolute atomic E-state index is 11.2. The summed E-state index contributed by atoms with van der Waals surface area (Å²) in [5.74, 6) is 0.501. The van der Waals surface area contributed by atoms with Crippen LogP contribution in [-0.2, 0) is 4.79 Å². The van der Waals surface area contributed by atoms with E-state index >= 15 is 0 Å². The summed E-state index contributed by atoms with van der Waals surface area (Å²) >= 11 is 0. The molecule has 0 aromatic rings. The maximum atomic E-state index is 11.2. The van der Waals surface area contributed by atoms with Gasteiger partial charge in [-0.15, -0.1) is 0 Å². The summed E-state index contributed by atoms with van der Waals surface area (Å²) in [6.45, 7) is 6.78. The highest BCUT2D eigenvalue weighted by Crippen LogP contribution is 2.35. The quantitative estimate of drug-likeness (QED) is 0.543. The third-order valence-electron chi connectivity index (χ3n) is 3.14. The van der Waals surface area contributed by atoms with Crippen molar-refractivity contribution in [3.05, 3.63) is 0 Å². The fourth-order valence-corrected chi connectivity index (χ4v) is 2.68. The van der Waals surface area contributed by atoms with Gasteiger partial charge in [0.25, 0.3) is 0 Å². The Labute approximate surface area is 86.6 Å². The van der Waals surface area contributed by atoms with Crippen LogP contribution in [0.3, 0.4) is 0 Å². The Morgan fingerprint density at radius 1 is 1.71 bits per heavy atom. The van der Waals surface area contributed by atoms with Crippen molar-refractivity contribution >= 4 is 13.3 Å². The molecule has 3 nitrogen and oxygen atoms in total. The second-order valence-corrected chi connectivity index (χ2v) is 4.56. The van der Waals surface area contributed by atoms with E-state index < -0.39 is 12.6 Å². The van der Waals surface area contributed by atoms with Crippen LogP contribution in [-0.4, -0.2) is 35.3 Å². The van der Waals surface area contributed by atoms with Gasteiger partial charge in [-0.05, 0) is 32.1 Å². The fraction of sp³-hybridized carbons (Fsp3) is 0.900. The molecule has 80 valence electrons. The van der Waals surface area contributed by atoms with E-state index in [4.69, 9.17) is 0 Å². The Hall–Kier alpha value is -0.345. The molecule has 0 amide bonds. The van der Waals surface area contributed by atoms with E-state index in [1.54, 1.807) is 6.82 Å². The number of rotatable bonds is 4. The van der Waals surface area contributed by atoms with Gasteiger partial charge in [0, 0.05) is 0 Å². The highest BCUT2D eigenvalue weighted by molar-refractivity contribution is 6.46. The predicted octanol–water partition coefficient (Wildman–Crippen LogP) is 1.18. The first kappa shape index (κ1) is 11.7. The van der Waals surface area contributed by atoms with Crippen molar-refractivity contribution in [3.8, 4) is 0 Å². The number of aldehydes is 1. The smallest absolute Gasteiger partial charge is 0.377 e. The molecule has 1 unspecified atom stereocenters. The van der Waals surface area contributed by atoms with Gasteiger partial charge >= 0.3 is 7.05 Å². The van der Waals surface area contributed by atoms with Gasteiger partial charge in [-0.2, -0.15) is 0 Å². The lowest BCUT2D eigenvalue weighted by Crippen LogP contribution is -2.52. The Morgan fingerprint density at radius 2 is 2.36 bits per heavy atom. The molecule has 14 heavy (non-hydrogen) atoms. The van der Waals surface area contributed by atoms with E-state index in [-0.39, 0.29) is 0 Å². The third-order valence-corrected chi connectivity index (χ3v) is 3.14. The number of hydrogen-bond donors (Lipinski definition) is 1. The van der Waals surface area contributed by atoms with Gasteiger partial charge in [0.05, 0.1) is 5.54 Å². The first-order valence-corrected chi connectivity index (χ1v) is 5.47. The SMILES string of the molecule is CCCC1(C=O)C[C@@H](C)CN1B(C)O. The third kappa shape index (κ3) is 2.01. The molecule has 2 atom stereocenters. The van der Waals surface area contributed by atoms with Gasteiger partial charge in [0.15, 0.2) is 0 Å². The summed E-state index contributed by atoms with van der Waals surface area (Å²) in [6, 6.07) is 0. The molecule has 0 bridgehead atoms. The van der Waals surface area contributed by atoms with Gasteiger partial charge in [-0.1, -0.05) is 20.3 Å². The molecule has 0 spiro atoms. The second kappa shape index (κ2) is 4.45. The molecule has 4 heteroatoms. The Bertz CT molecular complexity index is 210.